The van der Waals surface area contributed by atoms with Crippen LogP contribution in [0.15, 0.2) is 30.9 Å². The fourth-order valence-electron chi connectivity index (χ4n) is 2.34. The van der Waals surface area contributed by atoms with Crippen LogP contribution >= 0.6 is 0 Å². The molecular weight excluding hydrogens is 292 g/mol. The van der Waals surface area contributed by atoms with Crippen molar-refractivity contribution in [2.75, 3.05) is 13.2 Å². The van der Waals surface area contributed by atoms with Crippen molar-refractivity contribution in [1.29, 1.82) is 0 Å². The molecule has 2 N–H and O–H groups in total. The Morgan fingerprint density at radius 1 is 1.39 bits per heavy atom. The monoisotopic (exact) mass is 316 g/mol. The van der Waals surface area contributed by atoms with Gasteiger partial charge in [-0.3, -0.25) is 4.79 Å². The molecule has 0 spiro atoms. The minimum Gasteiger partial charge on any atom is -0.396 e. The molecule has 6 nitrogen and oxygen atoms in total. The number of benzene rings is 1. The minimum atomic E-state index is -0.0965. The molecule has 1 amide bonds. The van der Waals surface area contributed by atoms with Crippen molar-refractivity contribution in [2.45, 2.75) is 33.6 Å². The van der Waals surface area contributed by atoms with Crippen LogP contribution in [-0.2, 0) is 0 Å². The summed E-state index contributed by atoms with van der Waals surface area (Å²) in [6, 6.07) is 5.51. The summed E-state index contributed by atoms with van der Waals surface area (Å²) < 4.78 is 1.67. The Hall–Kier alpha value is -2.21. The second kappa shape index (κ2) is 7.37. The van der Waals surface area contributed by atoms with E-state index in [0.717, 1.165) is 24.1 Å². The Kier molecular flexibility index (Phi) is 5.50. The highest BCUT2D eigenvalue weighted by molar-refractivity contribution is 5.94. The van der Waals surface area contributed by atoms with Crippen molar-refractivity contribution in [2.24, 2.45) is 5.41 Å². The first-order valence-electron chi connectivity index (χ1n) is 7.78. The van der Waals surface area contributed by atoms with E-state index in [1.807, 2.05) is 32.9 Å². The number of carbonyl (C=O) groups is 1. The molecule has 0 bridgehead atoms. The van der Waals surface area contributed by atoms with Crippen LogP contribution in [0.4, 0.5) is 0 Å². The van der Waals surface area contributed by atoms with Gasteiger partial charge >= 0.3 is 0 Å². The maximum absolute atomic E-state index is 12.2. The van der Waals surface area contributed by atoms with E-state index in [9.17, 15) is 9.90 Å². The predicted molar refractivity (Wildman–Crippen MR) is 88.5 cm³/mol. The van der Waals surface area contributed by atoms with Crippen LogP contribution < -0.4 is 5.32 Å². The summed E-state index contributed by atoms with van der Waals surface area (Å²) in [7, 11) is 0. The van der Waals surface area contributed by atoms with Crippen LogP contribution in [0.25, 0.3) is 5.69 Å². The van der Waals surface area contributed by atoms with Crippen LogP contribution in [-0.4, -0.2) is 38.9 Å². The summed E-state index contributed by atoms with van der Waals surface area (Å²) in [5, 5.41) is 16.2. The van der Waals surface area contributed by atoms with Gasteiger partial charge in [0.2, 0.25) is 0 Å². The topological polar surface area (TPSA) is 80.0 Å². The first-order valence-corrected chi connectivity index (χ1v) is 7.78. The first kappa shape index (κ1) is 17.1. The number of aryl methyl sites for hydroxylation is 1. The number of carbonyl (C=O) groups excluding carboxylic acids is 1. The molecule has 0 atom stereocenters. The van der Waals surface area contributed by atoms with Gasteiger partial charge in [-0.1, -0.05) is 13.8 Å². The Balaban J connectivity index is 1.92. The number of aliphatic hydroxyl groups excluding tert-OH is 1. The smallest absolute Gasteiger partial charge is 0.251 e. The highest BCUT2D eigenvalue weighted by Crippen LogP contribution is 2.20. The van der Waals surface area contributed by atoms with E-state index in [1.165, 1.54) is 6.33 Å². The van der Waals surface area contributed by atoms with Crippen LogP contribution in [0.1, 0.15) is 42.6 Å². The Labute approximate surface area is 136 Å². The lowest BCUT2D eigenvalue weighted by molar-refractivity contribution is 0.0948. The van der Waals surface area contributed by atoms with Gasteiger partial charge in [-0.25, -0.2) is 9.67 Å². The molecule has 0 radical (unpaired) electrons. The zero-order valence-corrected chi connectivity index (χ0v) is 13.9. The Morgan fingerprint density at radius 2 is 2.17 bits per heavy atom. The highest BCUT2D eigenvalue weighted by Gasteiger charge is 2.16. The number of hydrogen-bond acceptors (Lipinski definition) is 4. The molecule has 0 aliphatic carbocycles. The van der Waals surface area contributed by atoms with E-state index in [4.69, 9.17) is 0 Å². The second-order valence-corrected chi connectivity index (χ2v) is 6.52. The normalized spacial score (nSPS) is 11.5. The molecule has 0 unspecified atom stereocenters. The molecule has 0 aliphatic heterocycles. The molecule has 0 fully saturated rings. The molecule has 124 valence electrons. The maximum atomic E-state index is 12.2. The first-order chi connectivity index (χ1) is 10.9. The van der Waals surface area contributed by atoms with E-state index >= 15 is 0 Å². The van der Waals surface area contributed by atoms with Crippen LogP contribution in [0, 0.1) is 12.3 Å². The lowest BCUT2D eigenvalue weighted by Crippen LogP contribution is -2.26. The van der Waals surface area contributed by atoms with E-state index in [-0.39, 0.29) is 17.9 Å². The van der Waals surface area contributed by atoms with Gasteiger partial charge in [-0.15, -0.1) is 0 Å². The summed E-state index contributed by atoms with van der Waals surface area (Å²) in [4.78, 5) is 16.1. The highest BCUT2D eigenvalue weighted by atomic mass is 16.3. The Bertz CT molecular complexity index is 651. The van der Waals surface area contributed by atoms with Crippen molar-refractivity contribution in [3.8, 4) is 5.69 Å². The van der Waals surface area contributed by atoms with Gasteiger partial charge in [0.05, 0.1) is 5.69 Å². The quantitative estimate of drug-likeness (QED) is 0.767. The van der Waals surface area contributed by atoms with E-state index in [1.54, 1.807) is 17.1 Å². The molecule has 0 saturated heterocycles. The fourth-order valence-corrected chi connectivity index (χ4v) is 2.34. The molecular formula is C17H24N4O2. The molecule has 2 rings (SSSR count). The van der Waals surface area contributed by atoms with Gasteiger partial charge < -0.3 is 10.4 Å². The van der Waals surface area contributed by atoms with Gasteiger partial charge in [0.25, 0.3) is 5.91 Å². The standard InChI is InChI=1S/C17H24N4O2/c1-13-9-14(5-6-15(13)21-12-18-11-20-21)16(23)19-8-4-7-17(2,3)10-22/h5-6,9,11-12,22H,4,7-8,10H2,1-3H3,(H,19,23). The van der Waals surface area contributed by atoms with Gasteiger partial charge in [-0.2, -0.15) is 5.10 Å². The third-order valence-corrected chi connectivity index (χ3v) is 3.87. The third-order valence-electron chi connectivity index (χ3n) is 3.87. The van der Waals surface area contributed by atoms with Crippen molar-refractivity contribution in [1.82, 2.24) is 20.1 Å². The van der Waals surface area contributed by atoms with Crippen molar-refractivity contribution in [3.05, 3.63) is 42.0 Å². The van der Waals surface area contributed by atoms with Crippen molar-refractivity contribution in [3.63, 3.8) is 0 Å². The summed E-state index contributed by atoms with van der Waals surface area (Å²) in [5.41, 5.74) is 2.40. The Morgan fingerprint density at radius 3 is 2.78 bits per heavy atom. The number of rotatable bonds is 7. The number of aliphatic hydroxyl groups is 1. The van der Waals surface area contributed by atoms with Gasteiger partial charge in [0.15, 0.2) is 0 Å². The zero-order chi connectivity index (χ0) is 16.9. The predicted octanol–water partition coefficient (Wildman–Crippen LogP) is 2.10. The van der Waals surface area contributed by atoms with Crippen molar-refractivity contribution >= 4 is 5.91 Å². The molecule has 1 aromatic heterocycles. The van der Waals surface area contributed by atoms with E-state index < -0.39 is 0 Å². The summed E-state index contributed by atoms with van der Waals surface area (Å²) >= 11 is 0. The molecule has 0 aliphatic rings. The molecule has 6 heteroatoms. The minimum absolute atomic E-state index is 0.0833. The van der Waals surface area contributed by atoms with E-state index in [0.29, 0.717) is 12.1 Å². The van der Waals surface area contributed by atoms with Gasteiger partial charge in [0, 0.05) is 18.7 Å². The molecule has 1 heterocycles. The lowest BCUT2D eigenvalue weighted by atomic mass is 9.89. The molecule has 23 heavy (non-hydrogen) atoms. The summed E-state index contributed by atoms with van der Waals surface area (Å²) in [6.45, 7) is 6.73. The lowest BCUT2D eigenvalue weighted by Gasteiger charge is -2.21. The van der Waals surface area contributed by atoms with Crippen molar-refractivity contribution < 1.29 is 9.90 Å². The second-order valence-electron chi connectivity index (χ2n) is 6.52. The number of hydrogen-bond donors (Lipinski definition) is 2. The third kappa shape index (κ3) is 4.63. The van der Waals surface area contributed by atoms with E-state index in [2.05, 4.69) is 15.4 Å². The summed E-state index contributed by atoms with van der Waals surface area (Å²) in [6.07, 6.45) is 4.82. The van der Waals surface area contributed by atoms with Crippen LogP contribution in [0.2, 0.25) is 0 Å². The number of nitrogens with zero attached hydrogens (tertiary/aromatic N) is 3. The number of nitrogens with one attached hydrogen (secondary N) is 1. The maximum Gasteiger partial charge on any atom is 0.251 e. The van der Waals surface area contributed by atoms with Crippen LogP contribution in [0.3, 0.4) is 0 Å². The SMILES string of the molecule is Cc1cc(C(=O)NCCCC(C)(C)CO)ccc1-n1cncn1. The molecule has 2 aromatic rings. The molecule has 0 saturated carbocycles. The van der Waals surface area contributed by atoms with Gasteiger partial charge in [0.1, 0.15) is 12.7 Å². The number of aromatic nitrogens is 3. The van der Waals surface area contributed by atoms with Crippen LogP contribution in [0.5, 0.6) is 0 Å². The largest absolute Gasteiger partial charge is 0.396 e. The average molecular weight is 316 g/mol. The fraction of sp³-hybridized carbons (Fsp3) is 0.471. The summed E-state index contributed by atoms with van der Waals surface area (Å²) in [5.74, 6) is -0.0833. The number of amides is 1. The average Bonchev–Trinajstić information content (AvgIpc) is 3.05. The zero-order valence-electron chi connectivity index (χ0n) is 13.9. The molecule has 1 aromatic carbocycles. The van der Waals surface area contributed by atoms with Gasteiger partial charge in [-0.05, 0) is 48.9 Å².